The minimum atomic E-state index is -0.480. The van der Waals surface area contributed by atoms with Crippen molar-refractivity contribution in [2.24, 2.45) is 0 Å². The maximum Gasteiger partial charge on any atom is 0.410 e. The van der Waals surface area contributed by atoms with Gasteiger partial charge in [0.2, 0.25) is 0 Å². The molecule has 25 heavy (non-hydrogen) atoms. The van der Waals surface area contributed by atoms with Gasteiger partial charge in [-0.1, -0.05) is 22.9 Å². The van der Waals surface area contributed by atoms with Crippen LogP contribution in [0.3, 0.4) is 0 Å². The smallest absolute Gasteiger partial charge is 0.410 e. The van der Waals surface area contributed by atoms with Crippen LogP contribution in [-0.4, -0.2) is 47.8 Å². The monoisotopic (exact) mass is 400 g/mol. The summed E-state index contributed by atoms with van der Waals surface area (Å²) >= 11 is 9.06. The summed E-state index contributed by atoms with van der Waals surface area (Å²) in [5.74, 6) is 0. The molecule has 2 N–H and O–H groups in total. The molecule has 1 fully saturated rings. The van der Waals surface area contributed by atoms with Crippen LogP contribution in [-0.2, 0) is 4.74 Å². The Morgan fingerprint density at radius 2 is 2.00 bits per heavy atom. The van der Waals surface area contributed by atoms with E-state index in [9.17, 15) is 4.79 Å². The van der Waals surface area contributed by atoms with Crippen molar-refractivity contribution in [1.29, 1.82) is 0 Å². The number of ether oxygens (including phenoxy) is 1. The van der Waals surface area contributed by atoms with Gasteiger partial charge < -0.3 is 20.3 Å². The van der Waals surface area contributed by atoms with Crippen LogP contribution in [0.1, 0.15) is 20.8 Å². The lowest BCUT2D eigenvalue weighted by atomic mass is 10.2. The highest BCUT2D eigenvalue weighted by atomic mass is 35.5. The number of rotatable bonds is 2. The molecule has 2 aromatic rings. The molecule has 0 atom stereocenters. The zero-order chi connectivity index (χ0) is 18.2. The van der Waals surface area contributed by atoms with Crippen LogP contribution in [0.2, 0.25) is 5.02 Å². The predicted molar refractivity (Wildman–Crippen MR) is 105 cm³/mol. The van der Waals surface area contributed by atoms with Crippen molar-refractivity contribution < 1.29 is 9.53 Å². The van der Waals surface area contributed by atoms with Crippen LogP contribution in [0.15, 0.2) is 11.4 Å². The third-order valence-electron chi connectivity index (χ3n) is 3.65. The number of hydrogen-bond acceptors (Lipinski definition) is 7. The van der Waals surface area contributed by atoms with Gasteiger partial charge in [0, 0.05) is 31.6 Å². The number of nitrogens with zero attached hydrogens (tertiary/aromatic N) is 3. The largest absolute Gasteiger partial charge is 0.444 e. The molecule has 0 saturated carbocycles. The summed E-state index contributed by atoms with van der Waals surface area (Å²) < 4.78 is 5.44. The molecule has 0 unspecified atom stereocenters. The minimum absolute atomic E-state index is 0.263. The maximum atomic E-state index is 12.2. The van der Waals surface area contributed by atoms with Crippen LogP contribution in [0.25, 0.3) is 10.6 Å². The number of carbonyl (C=O) groups excluding carboxylic acids is 1. The number of aromatic nitrogens is 1. The Morgan fingerprint density at radius 1 is 1.32 bits per heavy atom. The normalized spacial score (nSPS) is 15.5. The van der Waals surface area contributed by atoms with Gasteiger partial charge in [-0.05, 0) is 26.8 Å². The summed E-state index contributed by atoms with van der Waals surface area (Å²) in [7, 11) is 0. The fourth-order valence-electron chi connectivity index (χ4n) is 2.56. The fraction of sp³-hybridized carbons (Fsp3) is 0.500. The van der Waals surface area contributed by atoms with E-state index < -0.39 is 5.60 Å². The molecule has 3 rings (SSSR count). The molecule has 136 valence electrons. The molecule has 3 heterocycles. The van der Waals surface area contributed by atoms with E-state index in [0.717, 1.165) is 15.6 Å². The molecule has 2 aromatic heterocycles. The molecule has 0 aliphatic carbocycles. The first-order chi connectivity index (χ1) is 11.7. The predicted octanol–water partition coefficient (Wildman–Crippen LogP) is 4.16. The summed E-state index contributed by atoms with van der Waals surface area (Å²) in [6.45, 7) is 8.27. The van der Waals surface area contributed by atoms with Gasteiger partial charge in [-0.25, -0.2) is 9.78 Å². The Morgan fingerprint density at radius 3 is 2.56 bits per heavy atom. The van der Waals surface area contributed by atoms with Crippen molar-refractivity contribution in [1.82, 2.24) is 9.88 Å². The standard InChI is InChI=1S/C16H21ClN4O2S2/c1-16(2,3)23-15(22)21-6-4-20(5-7-21)13-12(19-14(18)25-13)11-8-10(17)9-24-11/h8-9H,4-7H2,1-3H3,(H2,18,19). The van der Waals surface area contributed by atoms with E-state index in [1.165, 1.54) is 11.3 Å². The third-order valence-corrected chi connectivity index (χ3v) is 5.88. The fourth-order valence-corrected chi connectivity index (χ4v) is 4.59. The molecular weight excluding hydrogens is 380 g/mol. The average Bonchev–Trinajstić information content (AvgIpc) is 3.11. The molecule has 1 amide bonds. The maximum absolute atomic E-state index is 12.2. The molecule has 1 aliphatic rings. The first kappa shape index (κ1) is 18.3. The van der Waals surface area contributed by atoms with E-state index >= 15 is 0 Å². The third kappa shape index (κ3) is 4.37. The Kier molecular flexibility index (Phi) is 5.13. The second-order valence-corrected chi connectivity index (χ2v) is 9.15. The number of carbonyl (C=O) groups is 1. The van der Waals surface area contributed by atoms with E-state index in [4.69, 9.17) is 22.1 Å². The van der Waals surface area contributed by atoms with Crippen LogP contribution in [0, 0.1) is 0 Å². The molecule has 1 saturated heterocycles. The van der Waals surface area contributed by atoms with Gasteiger partial charge in [0.25, 0.3) is 0 Å². The number of thiophene rings is 1. The number of anilines is 2. The van der Waals surface area contributed by atoms with Crippen molar-refractivity contribution in [3.8, 4) is 10.6 Å². The summed E-state index contributed by atoms with van der Waals surface area (Å²) in [5.41, 5.74) is 6.33. The van der Waals surface area contributed by atoms with E-state index in [-0.39, 0.29) is 6.09 Å². The van der Waals surface area contributed by atoms with Crippen molar-refractivity contribution in [3.05, 3.63) is 16.5 Å². The van der Waals surface area contributed by atoms with Gasteiger partial charge in [-0.2, -0.15) is 0 Å². The summed E-state index contributed by atoms with van der Waals surface area (Å²) in [4.78, 5) is 21.6. The zero-order valence-corrected chi connectivity index (χ0v) is 16.8. The van der Waals surface area contributed by atoms with Gasteiger partial charge >= 0.3 is 6.09 Å². The number of nitrogen functional groups attached to an aromatic ring is 1. The van der Waals surface area contributed by atoms with Crippen LogP contribution >= 0.6 is 34.3 Å². The Hall–Kier alpha value is -1.51. The van der Waals surface area contributed by atoms with Crippen LogP contribution < -0.4 is 10.6 Å². The number of nitrogens with two attached hydrogens (primary N) is 1. The quantitative estimate of drug-likeness (QED) is 0.819. The molecule has 0 spiro atoms. The van der Waals surface area contributed by atoms with Crippen molar-refractivity contribution in [2.45, 2.75) is 26.4 Å². The lowest BCUT2D eigenvalue weighted by molar-refractivity contribution is 0.0241. The minimum Gasteiger partial charge on any atom is -0.444 e. The van der Waals surface area contributed by atoms with E-state index in [1.807, 2.05) is 32.2 Å². The summed E-state index contributed by atoms with van der Waals surface area (Å²) in [6.07, 6.45) is -0.263. The lowest BCUT2D eigenvalue weighted by Crippen LogP contribution is -2.50. The molecule has 1 aliphatic heterocycles. The van der Waals surface area contributed by atoms with E-state index in [2.05, 4.69) is 9.88 Å². The topological polar surface area (TPSA) is 71.7 Å². The average molecular weight is 401 g/mol. The van der Waals surface area contributed by atoms with Gasteiger partial charge in [0.05, 0.1) is 9.90 Å². The highest BCUT2D eigenvalue weighted by Crippen LogP contribution is 2.41. The van der Waals surface area contributed by atoms with Crippen molar-refractivity contribution in [3.63, 3.8) is 0 Å². The second-order valence-electron chi connectivity index (χ2n) is 6.79. The summed E-state index contributed by atoms with van der Waals surface area (Å²) in [5, 5.41) is 4.15. The molecule has 6 nitrogen and oxygen atoms in total. The Labute approximate surface area is 160 Å². The number of hydrogen-bond donors (Lipinski definition) is 1. The molecule has 9 heteroatoms. The van der Waals surface area contributed by atoms with E-state index in [1.54, 1.807) is 16.2 Å². The van der Waals surface area contributed by atoms with Gasteiger partial charge in [-0.15, -0.1) is 11.3 Å². The first-order valence-electron chi connectivity index (χ1n) is 7.96. The van der Waals surface area contributed by atoms with E-state index in [0.29, 0.717) is 36.3 Å². The SMILES string of the molecule is CC(C)(C)OC(=O)N1CCN(c2sc(N)nc2-c2cc(Cl)cs2)CC1. The summed E-state index contributed by atoms with van der Waals surface area (Å²) in [6, 6.07) is 1.90. The second kappa shape index (κ2) is 7.01. The highest BCUT2D eigenvalue weighted by molar-refractivity contribution is 7.20. The van der Waals surface area contributed by atoms with Crippen LogP contribution in [0.4, 0.5) is 14.9 Å². The number of amides is 1. The van der Waals surface area contributed by atoms with Gasteiger partial charge in [0.1, 0.15) is 16.3 Å². The number of halogens is 1. The molecular formula is C16H21ClN4O2S2. The molecule has 0 bridgehead atoms. The first-order valence-corrected chi connectivity index (χ1v) is 10.0. The number of piperazine rings is 1. The molecule has 0 radical (unpaired) electrons. The molecule has 0 aromatic carbocycles. The number of thiazole rings is 1. The van der Waals surface area contributed by atoms with Crippen molar-refractivity contribution in [2.75, 3.05) is 36.8 Å². The van der Waals surface area contributed by atoms with Gasteiger partial charge in [0.15, 0.2) is 5.13 Å². The van der Waals surface area contributed by atoms with Crippen molar-refractivity contribution >= 4 is 50.5 Å². The van der Waals surface area contributed by atoms with Crippen LogP contribution in [0.5, 0.6) is 0 Å². The highest BCUT2D eigenvalue weighted by Gasteiger charge is 2.28. The van der Waals surface area contributed by atoms with Gasteiger partial charge in [-0.3, -0.25) is 0 Å². The Balaban J connectivity index is 1.71. The lowest BCUT2D eigenvalue weighted by Gasteiger charge is -2.36. The Bertz CT molecular complexity index is 761. The zero-order valence-electron chi connectivity index (χ0n) is 14.4.